The molecule has 2 amide bonds. The number of hydrogen-bond acceptors (Lipinski definition) is 13. The molecule has 0 bridgehead atoms. The van der Waals surface area contributed by atoms with Crippen LogP contribution in [0.3, 0.4) is 0 Å². The number of nitro groups is 1. The maximum Gasteiger partial charge on any atom is 0.417 e. The minimum Gasteiger partial charge on any atom is -0.497 e. The zero-order valence-corrected chi connectivity index (χ0v) is 42.7. The summed E-state index contributed by atoms with van der Waals surface area (Å²) in [6.07, 6.45) is 18.0. The predicted molar refractivity (Wildman–Crippen MR) is 277 cm³/mol. The molecule has 3 N–H and O–H groups in total. The van der Waals surface area contributed by atoms with E-state index in [-0.39, 0.29) is 67.9 Å². The number of ether oxygens (including phenoxy) is 5. The first-order valence-electron chi connectivity index (χ1n) is 25.9. The lowest BCUT2D eigenvalue weighted by Gasteiger charge is -2.59. The van der Waals surface area contributed by atoms with Crippen molar-refractivity contribution in [2.45, 2.75) is 140 Å². The molecule has 2 aliphatic carbocycles. The Balaban J connectivity index is 1.43. The number of carbonyl (C=O) groups is 2. The van der Waals surface area contributed by atoms with Gasteiger partial charge in [-0.25, -0.2) is 4.79 Å². The van der Waals surface area contributed by atoms with E-state index in [9.17, 15) is 29.9 Å². The SMILES string of the molecule is C=CCO[C@@]12Oc3ccc(OC(=O)Nc4ccc(OC)cc4OC)cc3[C@H]3[C@H](CCCCO)[C@@H](CCCCO)C=C(C(=NOCc4ccc([N+](=O)[O-])cc4)C[C@@H]1N(C)C(=O)CCCCCCCCCCC)[C@H]32. The number of methoxy groups -OCH3 is 2. The number of rotatable bonds is 30. The van der Waals surface area contributed by atoms with E-state index < -0.39 is 28.8 Å². The molecule has 16 nitrogen and oxygen atoms in total. The molecule has 0 unspecified atom stereocenters. The molecule has 6 atom stereocenters. The summed E-state index contributed by atoms with van der Waals surface area (Å²) in [5.74, 6) is -0.788. The third kappa shape index (κ3) is 14.0. The van der Waals surface area contributed by atoms with E-state index in [1.807, 2.05) is 13.1 Å². The molecule has 6 rings (SSSR count). The zero-order valence-electron chi connectivity index (χ0n) is 42.7. The highest BCUT2D eigenvalue weighted by molar-refractivity contribution is 6.03. The Morgan fingerprint density at radius 3 is 2.26 bits per heavy atom. The van der Waals surface area contributed by atoms with Gasteiger partial charge in [-0.2, -0.15) is 0 Å². The van der Waals surface area contributed by atoms with Crippen molar-refractivity contribution in [3.05, 3.63) is 106 Å². The molecule has 0 radical (unpaired) electrons. The number of non-ortho nitro benzene ring substituents is 1. The number of aliphatic hydroxyl groups excluding tert-OH is 2. The van der Waals surface area contributed by atoms with E-state index in [0.29, 0.717) is 53.5 Å². The number of allylic oxidation sites excluding steroid dienone is 1. The van der Waals surface area contributed by atoms with Crippen LogP contribution < -0.4 is 24.3 Å². The van der Waals surface area contributed by atoms with E-state index in [1.54, 1.807) is 60.6 Å². The second-order valence-electron chi connectivity index (χ2n) is 19.1. The summed E-state index contributed by atoms with van der Waals surface area (Å²) in [5, 5.41) is 39.1. The van der Waals surface area contributed by atoms with E-state index in [1.165, 1.54) is 51.3 Å². The summed E-state index contributed by atoms with van der Waals surface area (Å²) in [7, 11) is 4.85. The number of carbonyl (C=O) groups excluding carboxylic acids is 2. The van der Waals surface area contributed by atoms with Crippen LogP contribution >= 0.6 is 0 Å². The quantitative estimate of drug-likeness (QED) is 0.0247. The van der Waals surface area contributed by atoms with Crippen molar-refractivity contribution in [2.24, 2.45) is 22.9 Å². The van der Waals surface area contributed by atoms with Crippen LogP contribution in [-0.4, -0.2) is 90.7 Å². The average Bonchev–Trinajstić information content (AvgIpc) is 3.38. The molecule has 1 fully saturated rings. The highest BCUT2D eigenvalue weighted by atomic mass is 16.7. The number of hydrogen-bond donors (Lipinski definition) is 3. The van der Waals surface area contributed by atoms with Gasteiger partial charge in [0.2, 0.25) is 11.7 Å². The smallest absolute Gasteiger partial charge is 0.417 e. The average molecular weight is 997 g/mol. The van der Waals surface area contributed by atoms with Gasteiger partial charge in [-0.05, 0) is 97.5 Å². The first-order chi connectivity index (χ1) is 35.0. The van der Waals surface area contributed by atoms with Crippen LogP contribution in [0.5, 0.6) is 23.0 Å². The molecule has 3 aromatic carbocycles. The van der Waals surface area contributed by atoms with Gasteiger partial charge >= 0.3 is 6.09 Å². The first-order valence-corrected chi connectivity index (χ1v) is 25.9. The highest BCUT2D eigenvalue weighted by Crippen LogP contribution is 2.62. The number of unbranched alkanes of at least 4 members (excludes halogenated alkanes) is 10. The van der Waals surface area contributed by atoms with Gasteiger partial charge in [0.1, 0.15) is 35.6 Å². The molecular weight excluding hydrogens is 921 g/mol. The number of oxime groups is 1. The van der Waals surface area contributed by atoms with Crippen LogP contribution in [0.4, 0.5) is 16.2 Å². The first kappa shape index (κ1) is 55.3. The molecule has 1 heterocycles. The number of amides is 2. The van der Waals surface area contributed by atoms with Crippen molar-refractivity contribution in [3.63, 3.8) is 0 Å². The zero-order chi connectivity index (χ0) is 51.5. The molecular formula is C56H76N4O12. The number of nitro benzene ring substituents is 1. The van der Waals surface area contributed by atoms with Crippen molar-refractivity contribution in [3.8, 4) is 23.0 Å². The second kappa shape index (κ2) is 27.7. The minimum absolute atomic E-state index is 0.0328. The lowest BCUT2D eigenvalue weighted by Crippen LogP contribution is -2.69. The van der Waals surface area contributed by atoms with Gasteiger partial charge in [0.25, 0.3) is 5.69 Å². The second-order valence-corrected chi connectivity index (χ2v) is 19.1. The summed E-state index contributed by atoms with van der Waals surface area (Å²) in [6.45, 7) is 6.47. The lowest BCUT2D eigenvalue weighted by molar-refractivity contribution is -0.384. The number of nitrogens with zero attached hydrogens (tertiary/aromatic N) is 3. The molecule has 0 aromatic heterocycles. The largest absolute Gasteiger partial charge is 0.497 e. The van der Waals surface area contributed by atoms with Crippen LogP contribution in [-0.2, 0) is 21.0 Å². The highest BCUT2D eigenvalue weighted by Gasteiger charge is 2.65. The summed E-state index contributed by atoms with van der Waals surface area (Å²) >= 11 is 0. The van der Waals surface area contributed by atoms with Gasteiger partial charge in [-0.15, -0.1) is 6.58 Å². The van der Waals surface area contributed by atoms with Gasteiger partial charge in [0.15, 0.2) is 0 Å². The normalized spacial score (nSPS) is 21.3. The van der Waals surface area contributed by atoms with Crippen molar-refractivity contribution in [1.82, 2.24) is 4.90 Å². The molecule has 0 spiro atoms. The number of benzene rings is 3. The molecule has 0 saturated heterocycles. The van der Waals surface area contributed by atoms with E-state index in [4.69, 9.17) is 33.7 Å². The monoisotopic (exact) mass is 997 g/mol. The molecule has 16 heteroatoms. The Kier molecular flexibility index (Phi) is 21.3. The van der Waals surface area contributed by atoms with Crippen LogP contribution in [0.1, 0.15) is 133 Å². The van der Waals surface area contributed by atoms with Crippen LogP contribution in [0, 0.1) is 27.9 Å². The van der Waals surface area contributed by atoms with E-state index in [2.05, 4.69) is 24.9 Å². The molecule has 1 saturated carbocycles. The number of likely N-dealkylation sites (N-methyl/N-ethyl adjacent to an activating group) is 1. The number of nitrogens with one attached hydrogen (secondary N) is 1. The molecule has 392 valence electrons. The molecule has 3 aliphatic rings. The van der Waals surface area contributed by atoms with E-state index in [0.717, 1.165) is 62.5 Å². The Labute approximate surface area is 424 Å². The van der Waals surface area contributed by atoms with Crippen molar-refractivity contribution in [1.29, 1.82) is 0 Å². The summed E-state index contributed by atoms with van der Waals surface area (Å²) in [6, 6.07) is 15.8. The van der Waals surface area contributed by atoms with Gasteiger partial charge in [0, 0.05) is 62.8 Å². The molecule has 3 aromatic rings. The maximum atomic E-state index is 14.5. The van der Waals surface area contributed by atoms with Crippen molar-refractivity contribution >= 4 is 29.1 Å². The fraction of sp³-hybridized carbons (Fsp3) is 0.554. The van der Waals surface area contributed by atoms with Crippen LogP contribution in [0.2, 0.25) is 0 Å². The topological polar surface area (TPSA) is 201 Å². The van der Waals surface area contributed by atoms with Crippen LogP contribution in [0.25, 0.3) is 0 Å². The van der Waals surface area contributed by atoms with Gasteiger partial charge in [0.05, 0.1) is 43.1 Å². The minimum atomic E-state index is -1.45. The third-order valence-electron chi connectivity index (χ3n) is 14.4. The number of anilines is 1. The Bertz CT molecular complexity index is 2320. The fourth-order valence-corrected chi connectivity index (χ4v) is 10.8. The van der Waals surface area contributed by atoms with E-state index >= 15 is 0 Å². The van der Waals surface area contributed by atoms with Gasteiger partial charge < -0.3 is 43.6 Å². The Morgan fingerprint density at radius 2 is 1.60 bits per heavy atom. The predicted octanol–water partition coefficient (Wildman–Crippen LogP) is 11.4. The van der Waals surface area contributed by atoms with Crippen molar-refractivity contribution in [2.75, 3.05) is 46.4 Å². The Morgan fingerprint density at radius 1 is 0.903 bits per heavy atom. The standard InChI is InChI=1S/C56H76N4O12/c1-6-8-9-10-11-12-13-14-15-22-52(63)59(3)51-37-48(58-70-38-39-23-25-41(26-24-39)60(65)66)45-34-40(20-16-18-31-61)44(21-17-19-32-62)53-46-35-43(28-30-49(46)72-56(51,54(45)53)69-33-7-2)71-55(64)57-47-29-27-42(67-4)36-50(47)68-5/h7,23-30,34-36,40,44,51,53-54,61-62H,2,6,8-22,31-33,37-38H2,1,3-5H3,(H,57,64)/t40-,44+,51-,53+,54+,56+/m0/s1. The third-order valence-corrected chi connectivity index (χ3v) is 14.4. The van der Waals surface area contributed by atoms with Gasteiger partial charge in [-0.1, -0.05) is 88.4 Å². The lowest BCUT2D eigenvalue weighted by atomic mass is 9.55. The van der Waals surface area contributed by atoms with Crippen molar-refractivity contribution < 1.29 is 53.2 Å². The summed E-state index contributed by atoms with van der Waals surface area (Å²) < 4.78 is 31.2. The fourth-order valence-electron chi connectivity index (χ4n) is 10.8. The Hall–Kier alpha value is -5.97. The summed E-state index contributed by atoms with van der Waals surface area (Å²) in [5.41, 5.74) is 3.29. The number of fused-ring (bicyclic) bond motifs is 2. The van der Waals surface area contributed by atoms with Crippen LogP contribution in [0.15, 0.2) is 90.1 Å². The molecule has 1 aliphatic heterocycles. The number of aliphatic hydroxyl groups is 2. The maximum absolute atomic E-state index is 14.5. The molecule has 72 heavy (non-hydrogen) atoms. The van der Waals surface area contributed by atoms with Gasteiger partial charge in [-0.3, -0.25) is 20.2 Å². The summed E-state index contributed by atoms with van der Waals surface area (Å²) in [4.78, 5) is 47.1.